The Morgan fingerprint density at radius 1 is 1.33 bits per heavy atom. The molecule has 0 saturated heterocycles. The number of rotatable bonds is 3. The van der Waals surface area contributed by atoms with Crippen molar-refractivity contribution in [3.63, 3.8) is 0 Å². The molecule has 0 amide bonds. The molecule has 1 aromatic rings. The van der Waals surface area contributed by atoms with Crippen LogP contribution in [-0.4, -0.2) is 5.54 Å². The van der Waals surface area contributed by atoms with Crippen molar-refractivity contribution in [3.8, 4) is 0 Å². The van der Waals surface area contributed by atoms with Gasteiger partial charge in [-0.1, -0.05) is 0 Å². The summed E-state index contributed by atoms with van der Waals surface area (Å²) in [6.07, 6.45) is 3.20. The van der Waals surface area contributed by atoms with Crippen molar-refractivity contribution in [3.05, 3.63) is 33.8 Å². The maximum absolute atomic E-state index is 13.5. The molecule has 0 heterocycles. The Bertz CT molecular complexity index is 388. The second-order valence-electron chi connectivity index (χ2n) is 4.22. The third kappa shape index (κ3) is 2.55. The first-order valence-corrected chi connectivity index (χ1v) is 5.72. The third-order valence-corrected chi connectivity index (χ3v) is 3.43. The fourth-order valence-electron chi connectivity index (χ4n) is 1.59. The van der Waals surface area contributed by atoms with Gasteiger partial charge in [0.2, 0.25) is 0 Å². The summed E-state index contributed by atoms with van der Waals surface area (Å²) in [7, 11) is 0. The highest BCUT2D eigenvalue weighted by Gasteiger charge is 2.37. The van der Waals surface area contributed by atoms with Crippen molar-refractivity contribution in [2.24, 2.45) is 5.73 Å². The lowest BCUT2D eigenvalue weighted by atomic mass is 10.0. The zero-order valence-electron chi connectivity index (χ0n) is 8.19. The fraction of sp³-hybridized carbons (Fsp3) is 0.455. The maximum Gasteiger partial charge on any atom is 0.140 e. The first-order chi connectivity index (χ1) is 7.00. The molecule has 2 N–H and O–H groups in total. The molecule has 15 heavy (non-hydrogen) atoms. The molecule has 1 aliphatic rings. The first kappa shape index (κ1) is 11.0. The smallest absolute Gasteiger partial charge is 0.140 e. The first-order valence-electron chi connectivity index (χ1n) is 4.92. The van der Waals surface area contributed by atoms with Crippen LogP contribution in [0.5, 0.6) is 0 Å². The van der Waals surface area contributed by atoms with E-state index in [0.717, 1.165) is 25.3 Å². The van der Waals surface area contributed by atoms with Crippen LogP contribution in [-0.2, 0) is 6.42 Å². The maximum atomic E-state index is 13.5. The summed E-state index contributed by atoms with van der Waals surface area (Å²) in [5.74, 6) is -0.791. The minimum Gasteiger partial charge on any atom is -0.325 e. The molecule has 2 rings (SSSR count). The number of hydrogen-bond donors (Lipinski definition) is 1. The molecule has 0 aromatic heterocycles. The molecule has 0 radical (unpaired) electrons. The highest BCUT2D eigenvalue weighted by atomic mass is 79.9. The zero-order chi connectivity index (χ0) is 11.1. The second-order valence-corrected chi connectivity index (χ2v) is 5.08. The van der Waals surface area contributed by atoms with Gasteiger partial charge in [-0.3, -0.25) is 0 Å². The van der Waals surface area contributed by atoms with E-state index in [2.05, 4.69) is 15.9 Å². The number of hydrogen-bond acceptors (Lipinski definition) is 1. The molecule has 0 atom stereocenters. The summed E-state index contributed by atoms with van der Waals surface area (Å²) in [5, 5.41) is 0. The van der Waals surface area contributed by atoms with Crippen LogP contribution in [0, 0.1) is 11.6 Å². The fourth-order valence-corrected chi connectivity index (χ4v) is 2.06. The molecule has 1 saturated carbocycles. The molecule has 0 unspecified atom stereocenters. The van der Waals surface area contributed by atoms with Crippen LogP contribution in [0.15, 0.2) is 16.6 Å². The summed E-state index contributed by atoms with van der Waals surface area (Å²) < 4.78 is 26.7. The Hall–Kier alpha value is -0.480. The van der Waals surface area contributed by atoms with Crippen molar-refractivity contribution in [1.82, 2.24) is 0 Å². The van der Waals surface area contributed by atoms with Gasteiger partial charge in [0.25, 0.3) is 0 Å². The van der Waals surface area contributed by atoms with Crippen molar-refractivity contribution in [2.75, 3.05) is 0 Å². The van der Waals surface area contributed by atoms with E-state index in [9.17, 15) is 8.78 Å². The van der Waals surface area contributed by atoms with E-state index >= 15 is 0 Å². The number of benzene rings is 1. The van der Waals surface area contributed by atoms with Crippen LogP contribution >= 0.6 is 15.9 Å². The van der Waals surface area contributed by atoms with E-state index in [4.69, 9.17) is 5.73 Å². The number of aryl methyl sites for hydroxylation is 1. The third-order valence-electron chi connectivity index (χ3n) is 2.85. The molecule has 1 nitrogen and oxygen atoms in total. The van der Waals surface area contributed by atoms with Gasteiger partial charge in [-0.05, 0) is 59.3 Å². The van der Waals surface area contributed by atoms with E-state index in [0.29, 0.717) is 12.0 Å². The van der Waals surface area contributed by atoms with Crippen LogP contribution < -0.4 is 5.73 Å². The van der Waals surface area contributed by atoms with Crippen LogP contribution in [0.1, 0.15) is 24.8 Å². The summed E-state index contributed by atoms with van der Waals surface area (Å²) in [5.41, 5.74) is 6.17. The summed E-state index contributed by atoms with van der Waals surface area (Å²) >= 11 is 2.99. The molecule has 0 spiro atoms. The van der Waals surface area contributed by atoms with Gasteiger partial charge < -0.3 is 5.73 Å². The average molecular weight is 276 g/mol. The van der Waals surface area contributed by atoms with Gasteiger partial charge in [0.05, 0.1) is 4.47 Å². The Labute approximate surface area is 95.8 Å². The van der Waals surface area contributed by atoms with Crippen LogP contribution in [0.25, 0.3) is 0 Å². The van der Waals surface area contributed by atoms with Gasteiger partial charge in [-0.15, -0.1) is 0 Å². The highest BCUT2D eigenvalue weighted by Crippen LogP contribution is 2.37. The Morgan fingerprint density at radius 2 is 2.00 bits per heavy atom. The molecular weight excluding hydrogens is 264 g/mol. The largest absolute Gasteiger partial charge is 0.325 e. The topological polar surface area (TPSA) is 26.0 Å². The van der Waals surface area contributed by atoms with Gasteiger partial charge in [0, 0.05) is 5.54 Å². The molecule has 4 heteroatoms. The standard InChI is InChI=1S/C11H12BrF2N/c12-9-6-8(13)5-7(10(9)14)1-2-11(15)3-4-11/h5-6H,1-4,15H2. The molecule has 82 valence electrons. The van der Waals surface area contributed by atoms with Gasteiger partial charge >= 0.3 is 0 Å². The van der Waals surface area contributed by atoms with Crippen molar-refractivity contribution in [1.29, 1.82) is 0 Å². The second kappa shape index (κ2) is 3.83. The molecule has 0 bridgehead atoms. The quantitative estimate of drug-likeness (QED) is 0.843. The lowest BCUT2D eigenvalue weighted by Gasteiger charge is -2.09. The minimum absolute atomic E-state index is 0.120. The summed E-state index contributed by atoms with van der Waals surface area (Å²) in [6.45, 7) is 0. The summed E-state index contributed by atoms with van der Waals surface area (Å²) in [4.78, 5) is 0. The molecular formula is C11H12BrF2N. The SMILES string of the molecule is NC1(CCc2cc(F)cc(Br)c2F)CC1. The molecule has 1 aliphatic carbocycles. The van der Waals surface area contributed by atoms with E-state index < -0.39 is 5.82 Å². The van der Waals surface area contributed by atoms with Gasteiger partial charge in [0.15, 0.2) is 0 Å². The zero-order valence-corrected chi connectivity index (χ0v) is 9.78. The molecule has 1 aromatic carbocycles. The molecule has 1 fully saturated rings. The van der Waals surface area contributed by atoms with E-state index in [1.165, 1.54) is 6.07 Å². The Balaban J connectivity index is 2.13. The van der Waals surface area contributed by atoms with E-state index in [1.54, 1.807) is 0 Å². The minimum atomic E-state index is -0.417. The average Bonchev–Trinajstić information content (AvgIpc) is 2.88. The Morgan fingerprint density at radius 3 is 2.60 bits per heavy atom. The summed E-state index contributed by atoms with van der Waals surface area (Å²) in [6, 6.07) is 2.38. The number of halogens is 3. The monoisotopic (exact) mass is 275 g/mol. The lowest BCUT2D eigenvalue weighted by Crippen LogP contribution is -2.22. The number of nitrogens with two attached hydrogens (primary N) is 1. The van der Waals surface area contributed by atoms with E-state index in [-0.39, 0.29) is 15.8 Å². The lowest BCUT2D eigenvalue weighted by molar-refractivity contribution is 0.554. The van der Waals surface area contributed by atoms with Crippen molar-refractivity contribution in [2.45, 2.75) is 31.2 Å². The molecule has 0 aliphatic heterocycles. The predicted octanol–water partition coefficient (Wildman–Crippen LogP) is 3.15. The Kier molecular flexibility index (Phi) is 2.81. The van der Waals surface area contributed by atoms with Gasteiger partial charge in [-0.2, -0.15) is 0 Å². The van der Waals surface area contributed by atoms with Gasteiger partial charge in [0.1, 0.15) is 11.6 Å². The van der Waals surface area contributed by atoms with Crippen molar-refractivity contribution >= 4 is 15.9 Å². The normalized spacial score (nSPS) is 17.9. The van der Waals surface area contributed by atoms with Gasteiger partial charge in [-0.25, -0.2) is 8.78 Å². The van der Waals surface area contributed by atoms with E-state index in [1.807, 2.05) is 0 Å². The van der Waals surface area contributed by atoms with Crippen LogP contribution in [0.4, 0.5) is 8.78 Å². The highest BCUT2D eigenvalue weighted by molar-refractivity contribution is 9.10. The predicted molar refractivity (Wildman–Crippen MR) is 58.5 cm³/mol. The van der Waals surface area contributed by atoms with Crippen LogP contribution in [0.2, 0.25) is 0 Å². The van der Waals surface area contributed by atoms with Crippen molar-refractivity contribution < 1.29 is 8.78 Å². The van der Waals surface area contributed by atoms with Crippen LogP contribution in [0.3, 0.4) is 0 Å².